The Morgan fingerprint density at radius 2 is 1.60 bits per heavy atom. The largest absolute Gasteiger partial charge is 0.478 e. The first kappa shape index (κ1) is 26.9. The van der Waals surface area contributed by atoms with Crippen LogP contribution in [0.15, 0.2) is 91.0 Å². The quantitative estimate of drug-likeness (QED) is 0.219. The lowest BCUT2D eigenvalue weighted by Crippen LogP contribution is -2.26. The van der Waals surface area contributed by atoms with Gasteiger partial charge in [0.25, 0.3) is 5.91 Å². The molecule has 0 spiro atoms. The third-order valence-electron chi connectivity index (χ3n) is 7.39. The van der Waals surface area contributed by atoms with Crippen LogP contribution in [0.3, 0.4) is 0 Å². The maximum absolute atomic E-state index is 13.2. The summed E-state index contributed by atoms with van der Waals surface area (Å²) in [7, 11) is 0. The third-order valence-corrected chi connectivity index (χ3v) is 7.39. The summed E-state index contributed by atoms with van der Waals surface area (Å²) >= 11 is 0. The average Bonchev–Trinajstić information content (AvgIpc) is 3.27. The number of carbonyl (C=O) groups excluding carboxylic acids is 1. The van der Waals surface area contributed by atoms with E-state index in [0.717, 1.165) is 33.5 Å². The number of imidazole rings is 1. The van der Waals surface area contributed by atoms with E-state index in [-0.39, 0.29) is 17.5 Å². The van der Waals surface area contributed by atoms with Gasteiger partial charge in [0.1, 0.15) is 5.82 Å². The van der Waals surface area contributed by atoms with Crippen LogP contribution in [0.4, 0.5) is 0 Å². The molecule has 40 heavy (non-hydrogen) atoms. The number of amides is 1. The summed E-state index contributed by atoms with van der Waals surface area (Å²) in [5.74, 6) is 0.201. The van der Waals surface area contributed by atoms with Crippen molar-refractivity contribution in [1.82, 2.24) is 14.9 Å². The molecule has 1 aromatic heterocycles. The molecule has 4 aromatic carbocycles. The number of fused-ring (bicyclic) bond motifs is 1. The van der Waals surface area contributed by atoms with E-state index in [2.05, 4.69) is 35.9 Å². The average molecular weight is 532 g/mol. The fourth-order valence-electron chi connectivity index (χ4n) is 5.03. The minimum Gasteiger partial charge on any atom is -0.478 e. The molecule has 1 atom stereocenters. The zero-order valence-electron chi connectivity index (χ0n) is 23.2. The summed E-state index contributed by atoms with van der Waals surface area (Å²) in [6.45, 7) is 8.86. The molecule has 0 aliphatic heterocycles. The van der Waals surface area contributed by atoms with E-state index >= 15 is 0 Å². The van der Waals surface area contributed by atoms with Gasteiger partial charge >= 0.3 is 5.97 Å². The Hall–Kier alpha value is -4.71. The Kier molecular flexibility index (Phi) is 7.52. The highest BCUT2D eigenvalue weighted by Gasteiger charge is 2.16. The minimum absolute atomic E-state index is 0.127. The maximum atomic E-state index is 13.2. The van der Waals surface area contributed by atoms with E-state index in [1.807, 2.05) is 80.6 Å². The lowest BCUT2D eigenvalue weighted by molar-refractivity contribution is 0.0697. The van der Waals surface area contributed by atoms with Crippen molar-refractivity contribution in [3.63, 3.8) is 0 Å². The number of carbonyl (C=O) groups is 2. The highest BCUT2D eigenvalue weighted by molar-refractivity contribution is 5.98. The molecule has 5 aromatic rings. The van der Waals surface area contributed by atoms with Crippen molar-refractivity contribution < 1.29 is 14.7 Å². The molecule has 0 unspecified atom stereocenters. The molecule has 0 radical (unpaired) electrons. The van der Waals surface area contributed by atoms with Gasteiger partial charge in [-0.15, -0.1) is 0 Å². The van der Waals surface area contributed by atoms with Gasteiger partial charge in [-0.1, -0.05) is 80.6 Å². The van der Waals surface area contributed by atoms with Crippen LogP contribution in [0.2, 0.25) is 0 Å². The Morgan fingerprint density at radius 1 is 0.875 bits per heavy atom. The first-order valence-electron chi connectivity index (χ1n) is 13.5. The molecule has 0 saturated carbocycles. The van der Waals surface area contributed by atoms with E-state index in [1.54, 1.807) is 12.1 Å². The number of carboxylic acid groups (broad SMARTS) is 1. The molecule has 2 N–H and O–H groups in total. The molecule has 0 fully saturated rings. The Bertz CT molecular complexity index is 1700. The second-order valence-electron chi connectivity index (χ2n) is 10.5. The monoisotopic (exact) mass is 531 g/mol. The van der Waals surface area contributed by atoms with Gasteiger partial charge in [-0.2, -0.15) is 0 Å². The molecule has 1 amide bonds. The van der Waals surface area contributed by atoms with Crippen molar-refractivity contribution in [3.8, 4) is 11.1 Å². The maximum Gasteiger partial charge on any atom is 0.336 e. The van der Waals surface area contributed by atoms with Gasteiger partial charge in [0.15, 0.2) is 0 Å². The molecule has 1 heterocycles. The number of nitrogens with zero attached hydrogens (tertiary/aromatic N) is 2. The van der Waals surface area contributed by atoms with Gasteiger partial charge < -0.3 is 15.0 Å². The van der Waals surface area contributed by atoms with E-state index in [0.29, 0.717) is 23.6 Å². The van der Waals surface area contributed by atoms with Crippen molar-refractivity contribution in [2.45, 2.75) is 46.2 Å². The normalized spacial score (nSPS) is 12.0. The first-order chi connectivity index (χ1) is 19.2. The highest BCUT2D eigenvalue weighted by Crippen LogP contribution is 2.26. The number of nitrogens with one attached hydrogen (secondary N) is 1. The summed E-state index contributed by atoms with van der Waals surface area (Å²) < 4.78 is 2.10. The number of carboxylic acids is 1. The van der Waals surface area contributed by atoms with Gasteiger partial charge in [0.2, 0.25) is 0 Å². The second-order valence-corrected chi connectivity index (χ2v) is 10.5. The van der Waals surface area contributed by atoms with E-state index in [9.17, 15) is 14.7 Å². The smallest absolute Gasteiger partial charge is 0.336 e. The molecule has 6 nitrogen and oxygen atoms in total. The number of hydrogen-bond donors (Lipinski definition) is 2. The van der Waals surface area contributed by atoms with Crippen molar-refractivity contribution in [1.29, 1.82) is 0 Å². The number of aromatic carboxylic acids is 1. The molecule has 0 bridgehead atoms. The van der Waals surface area contributed by atoms with Crippen LogP contribution in [-0.2, 0) is 6.54 Å². The van der Waals surface area contributed by atoms with Crippen molar-refractivity contribution in [2.75, 3.05) is 0 Å². The summed E-state index contributed by atoms with van der Waals surface area (Å²) in [5.41, 5.74) is 7.49. The molecule has 0 aliphatic rings. The SMILES string of the molecule is Cc1nc2ccc(C(=O)N[C@@H](C)c3cccc(C(C)C)c3)cc2n1Cc1ccc(-c2ccccc2C(=O)O)cc1. The number of aromatic nitrogens is 2. The zero-order valence-corrected chi connectivity index (χ0v) is 23.2. The standard InChI is InChI=1S/C34H33N3O3/c1-21(2)26-8-7-9-27(18-26)22(3)35-33(38)28-16-17-31-32(19-28)37(23(4)36-31)20-24-12-14-25(15-13-24)29-10-5-6-11-30(29)34(39)40/h5-19,21-22H,20H2,1-4H3,(H,35,38)(H,39,40)/t22-/m0/s1. The van der Waals surface area contributed by atoms with Crippen molar-refractivity contribution in [2.24, 2.45) is 0 Å². The second kappa shape index (κ2) is 11.2. The first-order valence-corrected chi connectivity index (χ1v) is 13.5. The van der Waals surface area contributed by atoms with Crippen LogP contribution in [0.1, 0.15) is 76.0 Å². The summed E-state index contributed by atoms with van der Waals surface area (Å²) in [5, 5.41) is 12.7. The predicted octanol–water partition coefficient (Wildman–Crippen LogP) is 7.37. The molecular formula is C34H33N3O3. The predicted molar refractivity (Wildman–Crippen MR) is 159 cm³/mol. The van der Waals surface area contributed by atoms with Gasteiger partial charge in [0, 0.05) is 12.1 Å². The number of aryl methyl sites for hydroxylation is 1. The lowest BCUT2D eigenvalue weighted by Gasteiger charge is -2.16. The lowest BCUT2D eigenvalue weighted by atomic mass is 9.98. The Morgan fingerprint density at radius 3 is 2.33 bits per heavy atom. The number of hydrogen-bond acceptors (Lipinski definition) is 3. The Labute approximate surface area is 234 Å². The fourth-order valence-corrected chi connectivity index (χ4v) is 5.03. The highest BCUT2D eigenvalue weighted by atomic mass is 16.4. The van der Waals surface area contributed by atoms with Gasteiger partial charge in [-0.25, -0.2) is 9.78 Å². The number of benzene rings is 4. The molecular weight excluding hydrogens is 498 g/mol. The minimum atomic E-state index is -0.946. The molecule has 5 rings (SSSR count). The van der Waals surface area contributed by atoms with Gasteiger partial charge in [-0.3, -0.25) is 4.79 Å². The van der Waals surface area contributed by atoms with Crippen LogP contribution in [0.25, 0.3) is 22.2 Å². The molecule has 6 heteroatoms. The summed E-state index contributed by atoms with van der Waals surface area (Å²) in [6.07, 6.45) is 0. The van der Waals surface area contributed by atoms with Gasteiger partial charge in [-0.05, 0) is 71.8 Å². The van der Waals surface area contributed by atoms with Crippen LogP contribution in [-0.4, -0.2) is 26.5 Å². The fraction of sp³-hybridized carbons (Fsp3) is 0.206. The molecule has 0 saturated heterocycles. The summed E-state index contributed by atoms with van der Waals surface area (Å²) in [6, 6.07) is 28.7. The zero-order chi connectivity index (χ0) is 28.4. The molecule has 0 aliphatic carbocycles. The van der Waals surface area contributed by atoms with Crippen LogP contribution < -0.4 is 5.32 Å². The van der Waals surface area contributed by atoms with E-state index in [4.69, 9.17) is 4.98 Å². The van der Waals surface area contributed by atoms with Crippen molar-refractivity contribution >= 4 is 22.9 Å². The van der Waals surface area contributed by atoms with Crippen molar-refractivity contribution in [3.05, 3.63) is 125 Å². The summed E-state index contributed by atoms with van der Waals surface area (Å²) in [4.78, 5) is 29.6. The van der Waals surface area contributed by atoms with E-state index in [1.165, 1.54) is 5.56 Å². The van der Waals surface area contributed by atoms with Crippen LogP contribution in [0.5, 0.6) is 0 Å². The topological polar surface area (TPSA) is 84.2 Å². The number of rotatable bonds is 8. The van der Waals surface area contributed by atoms with Gasteiger partial charge in [0.05, 0.1) is 22.6 Å². The Balaban J connectivity index is 1.37. The van der Waals surface area contributed by atoms with Crippen LogP contribution >= 0.6 is 0 Å². The third kappa shape index (κ3) is 5.52. The van der Waals surface area contributed by atoms with Crippen LogP contribution in [0, 0.1) is 6.92 Å². The van der Waals surface area contributed by atoms with E-state index < -0.39 is 5.97 Å². The molecule has 202 valence electrons.